The van der Waals surface area contributed by atoms with Crippen LogP contribution in [0.5, 0.6) is 5.75 Å². The molecule has 0 saturated carbocycles. The second kappa shape index (κ2) is 8.67. The molecule has 4 rings (SSSR count). The van der Waals surface area contributed by atoms with Crippen LogP contribution in [0.15, 0.2) is 84.4 Å². The number of hydrogen-bond donors (Lipinski definition) is 1. The van der Waals surface area contributed by atoms with Crippen molar-refractivity contribution >= 4 is 29.6 Å². The molecule has 0 radical (unpaired) electrons. The number of imide groups is 2. The fourth-order valence-electron chi connectivity index (χ4n) is 3.18. The summed E-state index contributed by atoms with van der Waals surface area (Å²) in [4.78, 5) is 38.4. The smallest absolute Gasteiger partial charge is 0.335 e. The third kappa shape index (κ3) is 4.53. The monoisotopic (exact) mass is 412 g/mol. The molecule has 1 aliphatic rings. The summed E-state index contributed by atoms with van der Waals surface area (Å²) in [6.07, 6.45) is 1.46. The highest BCUT2D eigenvalue weighted by Gasteiger charge is 2.36. The molecule has 154 valence electrons. The van der Waals surface area contributed by atoms with Crippen molar-refractivity contribution in [3.05, 3.63) is 101 Å². The average Bonchev–Trinajstić information content (AvgIpc) is 2.77. The predicted octanol–water partition coefficient (Wildman–Crippen LogP) is 4.24. The highest BCUT2D eigenvalue weighted by atomic mass is 16.5. The molecule has 4 amide bonds. The lowest BCUT2D eigenvalue weighted by molar-refractivity contribution is -0.122. The Balaban J connectivity index is 1.56. The first-order chi connectivity index (χ1) is 15.0. The Morgan fingerprint density at radius 1 is 0.903 bits per heavy atom. The lowest BCUT2D eigenvalue weighted by Gasteiger charge is -2.26. The second-order valence-corrected chi connectivity index (χ2v) is 7.14. The van der Waals surface area contributed by atoms with Gasteiger partial charge < -0.3 is 4.74 Å². The number of carbonyl (C=O) groups excluding carboxylic acids is 3. The lowest BCUT2D eigenvalue weighted by atomic mass is 10.1. The highest BCUT2D eigenvalue weighted by Crippen LogP contribution is 2.23. The molecule has 0 aliphatic carbocycles. The molecule has 31 heavy (non-hydrogen) atoms. The molecule has 0 bridgehead atoms. The van der Waals surface area contributed by atoms with Gasteiger partial charge in [0.15, 0.2) is 0 Å². The van der Waals surface area contributed by atoms with Gasteiger partial charge in [-0.3, -0.25) is 14.9 Å². The van der Waals surface area contributed by atoms with E-state index in [9.17, 15) is 14.4 Å². The van der Waals surface area contributed by atoms with Gasteiger partial charge in [-0.05, 0) is 48.4 Å². The van der Waals surface area contributed by atoms with E-state index in [1.807, 2.05) is 31.2 Å². The van der Waals surface area contributed by atoms with Crippen LogP contribution in [0.25, 0.3) is 6.08 Å². The van der Waals surface area contributed by atoms with Crippen LogP contribution >= 0.6 is 0 Å². The number of amides is 4. The third-order valence-electron chi connectivity index (χ3n) is 4.81. The first-order valence-corrected chi connectivity index (χ1v) is 9.76. The average molecular weight is 412 g/mol. The number of carbonyl (C=O) groups is 3. The molecule has 3 aromatic carbocycles. The molecule has 1 N–H and O–H groups in total. The molecule has 0 aromatic heterocycles. The number of barbiturate groups is 1. The number of urea groups is 1. The minimum atomic E-state index is -0.770. The summed E-state index contributed by atoms with van der Waals surface area (Å²) in [6.45, 7) is 2.42. The summed E-state index contributed by atoms with van der Waals surface area (Å²) in [5.74, 6) is -0.798. The van der Waals surface area contributed by atoms with Gasteiger partial charge in [-0.2, -0.15) is 0 Å². The number of aryl methyl sites for hydroxylation is 1. The largest absolute Gasteiger partial charge is 0.489 e. The van der Waals surface area contributed by atoms with Gasteiger partial charge in [0.1, 0.15) is 17.9 Å². The standard InChI is InChI=1S/C25H20N2O4/c1-17-10-12-18(13-11-17)16-31-21-9-5-6-19(14-21)15-22-23(28)26-25(30)27(24(22)29)20-7-3-2-4-8-20/h2-15H,16H2,1H3,(H,26,28,30)/b22-15-. The van der Waals surface area contributed by atoms with E-state index in [1.54, 1.807) is 54.6 Å². The van der Waals surface area contributed by atoms with Crippen molar-refractivity contribution in [3.8, 4) is 5.75 Å². The zero-order valence-electron chi connectivity index (χ0n) is 16.9. The van der Waals surface area contributed by atoms with E-state index in [1.165, 1.54) is 11.6 Å². The number of hydrogen-bond acceptors (Lipinski definition) is 4. The molecular formula is C25H20N2O4. The minimum absolute atomic E-state index is 0.126. The van der Waals surface area contributed by atoms with E-state index in [2.05, 4.69) is 5.32 Å². The van der Waals surface area contributed by atoms with Gasteiger partial charge in [0.25, 0.3) is 11.8 Å². The number of rotatable bonds is 5. The predicted molar refractivity (Wildman–Crippen MR) is 117 cm³/mol. The van der Waals surface area contributed by atoms with E-state index in [4.69, 9.17) is 4.74 Å². The van der Waals surface area contributed by atoms with Crippen molar-refractivity contribution in [3.63, 3.8) is 0 Å². The number of benzene rings is 3. The first kappa shape index (κ1) is 20.1. The number of anilines is 1. The van der Waals surface area contributed by atoms with Gasteiger partial charge >= 0.3 is 6.03 Å². The van der Waals surface area contributed by atoms with Crippen LogP contribution in [0.4, 0.5) is 10.5 Å². The van der Waals surface area contributed by atoms with Gasteiger partial charge in [0, 0.05) is 0 Å². The van der Waals surface area contributed by atoms with Crippen molar-refractivity contribution < 1.29 is 19.1 Å². The van der Waals surface area contributed by atoms with Crippen molar-refractivity contribution in [1.29, 1.82) is 0 Å². The summed E-state index contributed by atoms with van der Waals surface area (Å²) in [5, 5.41) is 2.22. The minimum Gasteiger partial charge on any atom is -0.489 e. The molecule has 0 atom stereocenters. The Hall–Kier alpha value is -4.19. The van der Waals surface area contributed by atoms with Gasteiger partial charge in [-0.1, -0.05) is 60.2 Å². The molecule has 6 heteroatoms. The normalized spacial score (nSPS) is 15.2. The first-order valence-electron chi connectivity index (χ1n) is 9.76. The molecule has 1 aliphatic heterocycles. The topological polar surface area (TPSA) is 75.7 Å². The summed E-state index contributed by atoms with van der Waals surface area (Å²) in [6, 6.07) is 22.8. The fraction of sp³-hybridized carbons (Fsp3) is 0.0800. The van der Waals surface area contributed by atoms with Crippen molar-refractivity contribution in [2.75, 3.05) is 4.90 Å². The molecule has 0 spiro atoms. The van der Waals surface area contributed by atoms with Crippen LogP contribution in [0.2, 0.25) is 0 Å². The Bertz CT molecular complexity index is 1170. The van der Waals surface area contributed by atoms with E-state index in [-0.39, 0.29) is 5.57 Å². The molecule has 6 nitrogen and oxygen atoms in total. The third-order valence-corrected chi connectivity index (χ3v) is 4.81. The van der Waals surface area contributed by atoms with Crippen LogP contribution in [-0.2, 0) is 16.2 Å². The summed E-state index contributed by atoms with van der Waals surface area (Å²) in [7, 11) is 0. The maximum Gasteiger partial charge on any atom is 0.335 e. The number of nitrogens with one attached hydrogen (secondary N) is 1. The maximum atomic E-state index is 12.9. The Labute approximate surface area is 179 Å². The van der Waals surface area contributed by atoms with E-state index in [0.29, 0.717) is 23.6 Å². The summed E-state index contributed by atoms with van der Waals surface area (Å²) >= 11 is 0. The van der Waals surface area contributed by atoms with Crippen LogP contribution in [-0.4, -0.2) is 17.8 Å². The van der Waals surface area contributed by atoms with Crippen LogP contribution in [0.3, 0.4) is 0 Å². The zero-order chi connectivity index (χ0) is 21.8. The van der Waals surface area contributed by atoms with Gasteiger partial charge in [0.2, 0.25) is 0 Å². The molecule has 1 saturated heterocycles. The molecular weight excluding hydrogens is 392 g/mol. The van der Waals surface area contributed by atoms with E-state index >= 15 is 0 Å². The van der Waals surface area contributed by atoms with E-state index in [0.717, 1.165) is 10.5 Å². The summed E-state index contributed by atoms with van der Waals surface area (Å²) in [5.41, 5.74) is 3.09. The maximum absolute atomic E-state index is 12.9. The second-order valence-electron chi connectivity index (χ2n) is 7.14. The van der Waals surface area contributed by atoms with Crippen molar-refractivity contribution in [2.45, 2.75) is 13.5 Å². The molecule has 1 heterocycles. The fourth-order valence-corrected chi connectivity index (χ4v) is 3.18. The van der Waals surface area contributed by atoms with Gasteiger partial charge in [-0.25, -0.2) is 9.69 Å². The van der Waals surface area contributed by atoms with Gasteiger partial charge in [-0.15, -0.1) is 0 Å². The number of para-hydroxylation sites is 1. The Kier molecular flexibility index (Phi) is 5.62. The number of nitrogens with zero attached hydrogens (tertiary/aromatic N) is 1. The van der Waals surface area contributed by atoms with Crippen LogP contribution < -0.4 is 15.0 Å². The van der Waals surface area contributed by atoms with Crippen LogP contribution in [0, 0.1) is 6.92 Å². The quantitative estimate of drug-likeness (QED) is 0.502. The summed E-state index contributed by atoms with van der Waals surface area (Å²) < 4.78 is 5.84. The Morgan fingerprint density at radius 2 is 1.65 bits per heavy atom. The highest BCUT2D eigenvalue weighted by molar-refractivity contribution is 6.39. The van der Waals surface area contributed by atoms with Crippen molar-refractivity contribution in [1.82, 2.24) is 5.32 Å². The van der Waals surface area contributed by atoms with Gasteiger partial charge in [0.05, 0.1) is 5.69 Å². The van der Waals surface area contributed by atoms with Crippen molar-refractivity contribution in [2.24, 2.45) is 0 Å². The Morgan fingerprint density at radius 3 is 2.39 bits per heavy atom. The lowest BCUT2D eigenvalue weighted by Crippen LogP contribution is -2.54. The zero-order valence-corrected chi connectivity index (χ0v) is 16.9. The molecule has 1 fully saturated rings. The van der Waals surface area contributed by atoms with E-state index < -0.39 is 17.8 Å². The van der Waals surface area contributed by atoms with Crippen LogP contribution in [0.1, 0.15) is 16.7 Å². The SMILES string of the molecule is Cc1ccc(COc2cccc(/C=C3/C(=O)NC(=O)N(c4ccccc4)C3=O)c2)cc1. The number of ether oxygens (including phenoxy) is 1. The molecule has 3 aromatic rings. The molecule has 0 unspecified atom stereocenters.